The zero-order chi connectivity index (χ0) is 7.49. The van der Waals surface area contributed by atoms with E-state index >= 15 is 0 Å². The fraction of sp³-hybridized carbons (Fsp3) is 1.00. The third-order valence-electron chi connectivity index (χ3n) is 2.20. The van der Waals surface area contributed by atoms with E-state index in [1.54, 1.807) is 0 Å². The third kappa shape index (κ3) is 2.35. The molecule has 0 fully saturated rings. The Labute approximate surface area is 58.1 Å². The first-order chi connectivity index (χ1) is 4.04. The molecular formula is C8H18O. The summed E-state index contributed by atoms with van der Waals surface area (Å²) in [6.45, 7) is 8.32. The van der Waals surface area contributed by atoms with Crippen LogP contribution in [-0.4, -0.2) is 11.2 Å². The van der Waals surface area contributed by atoms with Crippen LogP contribution in [0.1, 0.15) is 40.5 Å². The maximum atomic E-state index is 9.39. The molecule has 9 heavy (non-hydrogen) atoms. The monoisotopic (exact) mass is 130 g/mol. The number of rotatable bonds is 3. The maximum absolute atomic E-state index is 9.39. The van der Waals surface area contributed by atoms with Crippen LogP contribution >= 0.6 is 0 Å². The molecule has 0 aromatic heterocycles. The number of aliphatic hydroxyl groups excluding tert-OH is 1. The second-order valence-corrected chi connectivity index (χ2v) is 3.27. The minimum Gasteiger partial charge on any atom is -0.393 e. The van der Waals surface area contributed by atoms with Crippen LogP contribution in [0.3, 0.4) is 0 Å². The Balaban J connectivity index is 3.80. The first-order valence-electron chi connectivity index (χ1n) is 3.72. The molecule has 0 aliphatic rings. The maximum Gasteiger partial charge on any atom is 0.0588 e. The van der Waals surface area contributed by atoms with Crippen molar-refractivity contribution in [1.82, 2.24) is 0 Å². The van der Waals surface area contributed by atoms with Crippen LogP contribution in [0.5, 0.6) is 0 Å². The fourth-order valence-corrected chi connectivity index (χ4v) is 0.788. The molecule has 0 saturated carbocycles. The summed E-state index contributed by atoms with van der Waals surface area (Å²) >= 11 is 0. The minimum atomic E-state index is -0.137. The molecule has 1 N–H and O–H groups in total. The van der Waals surface area contributed by atoms with Crippen molar-refractivity contribution in [3.05, 3.63) is 0 Å². The first kappa shape index (κ1) is 8.96. The first-order valence-corrected chi connectivity index (χ1v) is 3.72. The van der Waals surface area contributed by atoms with Crippen molar-refractivity contribution in [2.75, 3.05) is 0 Å². The molecule has 0 aromatic rings. The van der Waals surface area contributed by atoms with Crippen molar-refractivity contribution in [3.8, 4) is 0 Å². The quantitative estimate of drug-likeness (QED) is 0.621. The van der Waals surface area contributed by atoms with Crippen molar-refractivity contribution < 1.29 is 5.11 Å². The van der Waals surface area contributed by atoms with Crippen molar-refractivity contribution in [2.45, 2.75) is 46.6 Å². The lowest BCUT2D eigenvalue weighted by Gasteiger charge is -2.27. The largest absolute Gasteiger partial charge is 0.393 e. The molecule has 0 aliphatic carbocycles. The molecule has 0 heterocycles. The van der Waals surface area contributed by atoms with Gasteiger partial charge in [-0.05, 0) is 18.3 Å². The fourth-order valence-electron chi connectivity index (χ4n) is 0.788. The standard InChI is InChI=1S/C8H18O/c1-5-7(9)8(3,4)6-2/h7,9H,5-6H2,1-4H3/t7-/m0/s1. The molecule has 0 rings (SSSR count). The third-order valence-corrected chi connectivity index (χ3v) is 2.20. The highest BCUT2D eigenvalue weighted by atomic mass is 16.3. The average Bonchev–Trinajstić information content (AvgIpc) is 1.86. The molecule has 0 aromatic carbocycles. The van der Waals surface area contributed by atoms with Gasteiger partial charge < -0.3 is 5.11 Å². The Kier molecular flexibility index (Phi) is 3.20. The highest BCUT2D eigenvalue weighted by molar-refractivity contribution is 4.74. The number of hydrogen-bond acceptors (Lipinski definition) is 1. The summed E-state index contributed by atoms with van der Waals surface area (Å²) in [5.41, 5.74) is 0.106. The summed E-state index contributed by atoms with van der Waals surface area (Å²) in [5.74, 6) is 0. The van der Waals surface area contributed by atoms with Gasteiger partial charge in [0.15, 0.2) is 0 Å². The van der Waals surface area contributed by atoms with Crippen molar-refractivity contribution in [2.24, 2.45) is 5.41 Å². The predicted octanol–water partition coefficient (Wildman–Crippen LogP) is 2.19. The molecule has 0 bridgehead atoms. The molecule has 0 spiro atoms. The zero-order valence-corrected chi connectivity index (χ0v) is 6.94. The number of hydrogen-bond donors (Lipinski definition) is 1. The molecule has 1 nitrogen and oxygen atoms in total. The molecule has 0 aliphatic heterocycles. The van der Waals surface area contributed by atoms with Crippen LogP contribution in [0.25, 0.3) is 0 Å². The minimum absolute atomic E-state index is 0.106. The van der Waals surface area contributed by atoms with Gasteiger partial charge in [0.1, 0.15) is 0 Å². The van der Waals surface area contributed by atoms with E-state index in [0.717, 1.165) is 12.8 Å². The second kappa shape index (κ2) is 3.21. The van der Waals surface area contributed by atoms with E-state index < -0.39 is 0 Å². The van der Waals surface area contributed by atoms with E-state index in [0.29, 0.717) is 0 Å². The van der Waals surface area contributed by atoms with E-state index in [1.165, 1.54) is 0 Å². The topological polar surface area (TPSA) is 20.2 Å². The van der Waals surface area contributed by atoms with E-state index in [4.69, 9.17) is 0 Å². The molecule has 56 valence electrons. The van der Waals surface area contributed by atoms with Gasteiger partial charge in [0.25, 0.3) is 0 Å². The van der Waals surface area contributed by atoms with Crippen LogP contribution in [0.2, 0.25) is 0 Å². The predicted molar refractivity (Wildman–Crippen MR) is 40.4 cm³/mol. The van der Waals surface area contributed by atoms with Gasteiger partial charge in [-0.3, -0.25) is 0 Å². The summed E-state index contributed by atoms with van der Waals surface area (Å²) in [4.78, 5) is 0. The summed E-state index contributed by atoms with van der Waals surface area (Å²) in [5, 5.41) is 9.39. The van der Waals surface area contributed by atoms with Crippen LogP contribution in [0, 0.1) is 5.41 Å². The van der Waals surface area contributed by atoms with Crippen molar-refractivity contribution in [1.29, 1.82) is 0 Å². The molecular weight excluding hydrogens is 112 g/mol. The van der Waals surface area contributed by atoms with Gasteiger partial charge in [-0.1, -0.05) is 27.7 Å². The molecule has 1 atom stereocenters. The van der Waals surface area contributed by atoms with Crippen LogP contribution < -0.4 is 0 Å². The molecule has 0 unspecified atom stereocenters. The SMILES string of the molecule is CC[C@H](O)C(C)(C)CC. The Morgan fingerprint density at radius 3 is 1.89 bits per heavy atom. The number of aliphatic hydroxyl groups is 1. The van der Waals surface area contributed by atoms with Gasteiger partial charge in [0, 0.05) is 0 Å². The lowest BCUT2D eigenvalue weighted by atomic mass is 9.83. The van der Waals surface area contributed by atoms with Crippen LogP contribution in [0.4, 0.5) is 0 Å². The summed E-state index contributed by atoms with van der Waals surface area (Å²) in [7, 11) is 0. The zero-order valence-electron chi connectivity index (χ0n) is 6.94. The Morgan fingerprint density at radius 2 is 1.78 bits per heavy atom. The van der Waals surface area contributed by atoms with Gasteiger partial charge in [-0.2, -0.15) is 0 Å². The lowest BCUT2D eigenvalue weighted by molar-refractivity contribution is 0.0446. The van der Waals surface area contributed by atoms with Gasteiger partial charge in [-0.15, -0.1) is 0 Å². The van der Waals surface area contributed by atoms with Crippen LogP contribution in [-0.2, 0) is 0 Å². The van der Waals surface area contributed by atoms with Crippen molar-refractivity contribution >= 4 is 0 Å². The molecule has 1 heteroatoms. The summed E-state index contributed by atoms with van der Waals surface area (Å²) in [6.07, 6.45) is 1.77. The van der Waals surface area contributed by atoms with Gasteiger partial charge in [0.05, 0.1) is 6.10 Å². The smallest absolute Gasteiger partial charge is 0.0588 e. The molecule has 0 amide bonds. The van der Waals surface area contributed by atoms with Gasteiger partial charge >= 0.3 is 0 Å². The Bertz CT molecular complexity index is 76.6. The Hall–Kier alpha value is -0.0400. The van der Waals surface area contributed by atoms with Gasteiger partial charge in [-0.25, -0.2) is 0 Å². The Morgan fingerprint density at radius 1 is 1.33 bits per heavy atom. The van der Waals surface area contributed by atoms with Gasteiger partial charge in [0.2, 0.25) is 0 Å². The second-order valence-electron chi connectivity index (χ2n) is 3.27. The van der Waals surface area contributed by atoms with E-state index in [-0.39, 0.29) is 11.5 Å². The normalized spacial score (nSPS) is 15.7. The van der Waals surface area contributed by atoms with E-state index in [2.05, 4.69) is 20.8 Å². The summed E-state index contributed by atoms with van der Waals surface area (Å²) in [6, 6.07) is 0. The van der Waals surface area contributed by atoms with Crippen LogP contribution in [0.15, 0.2) is 0 Å². The summed E-state index contributed by atoms with van der Waals surface area (Å²) < 4.78 is 0. The van der Waals surface area contributed by atoms with E-state index in [1.807, 2.05) is 6.92 Å². The molecule has 0 radical (unpaired) electrons. The average molecular weight is 130 g/mol. The van der Waals surface area contributed by atoms with E-state index in [9.17, 15) is 5.11 Å². The lowest BCUT2D eigenvalue weighted by Crippen LogP contribution is -2.27. The molecule has 0 saturated heterocycles. The highest BCUT2D eigenvalue weighted by Crippen LogP contribution is 2.26. The van der Waals surface area contributed by atoms with Crippen molar-refractivity contribution in [3.63, 3.8) is 0 Å². The highest BCUT2D eigenvalue weighted by Gasteiger charge is 2.23.